The third-order valence-corrected chi connectivity index (χ3v) is 6.56. The zero-order valence-electron chi connectivity index (χ0n) is 33.1. The van der Waals surface area contributed by atoms with E-state index in [1.807, 2.05) is 6.92 Å². The number of nitrogens with one attached hydrogen (secondary N) is 2. The lowest BCUT2D eigenvalue weighted by Crippen LogP contribution is -2.47. The van der Waals surface area contributed by atoms with E-state index in [-0.39, 0.29) is 36.8 Å². The van der Waals surface area contributed by atoms with Gasteiger partial charge in [0.05, 0.1) is 19.8 Å². The Kier molecular flexibility index (Phi) is 30.2. The van der Waals surface area contributed by atoms with E-state index in [4.69, 9.17) is 28.8 Å². The number of alkyl carbamates (subject to hydrolysis) is 2. The zero-order valence-corrected chi connectivity index (χ0v) is 34.7. The number of esters is 3. The van der Waals surface area contributed by atoms with Crippen molar-refractivity contribution in [1.82, 2.24) is 10.6 Å². The van der Waals surface area contributed by atoms with E-state index in [1.54, 1.807) is 69.2 Å². The molecule has 0 bridgehead atoms. The van der Waals surface area contributed by atoms with Gasteiger partial charge in [-0.05, 0) is 79.1 Å². The van der Waals surface area contributed by atoms with Crippen LogP contribution in [0.25, 0.3) is 0 Å². The van der Waals surface area contributed by atoms with E-state index >= 15 is 0 Å². The van der Waals surface area contributed by atoms with Gasteiger partial charge in [0, 0.05) is 18.2 Å². The van der Waals surface area contributed by atoms with E-state index in [2.05, 4.69) is 33.5 Å². The van der Waals surface area contributed by atoms with Crippen LogP contribution in [0.2, 0.25) is 0 Å². The monoisotopic (exact) mass is 798 g/mol. The van der Waals surface area contributed by atoms with E-state index in [1.165, 1.54) is 0 Å². The van der Waals surface area contributed by atoms with Gasteiger partial charge in [-0.3, -0.25) is 9.59 Å². The van der Waals surface area contributed by atoms with Gasteiger partial charge in [-0.15, -0.1) is 0 Å². The highest BCUT2D eigenvalue weighted by molar-refractivity contribution is 9.09. The molecule has 0 unspecified atom stereocenters. The molecule has 0 rings (SSSR count). The minimum absolute atomic E-state index is 0.0714. The smallest absolute Gasteiger partial charge is 0.408 e. The minimum Gasteiger partial charge on any atom is -0.480 e. The van der Waals surface area contributed by atoms with Crippen molar-refractivity contribution in [1.29, 1.82) is 0 Å². The van der Waals surface area contributed by atoms with Crippen LogP contribution in [0.3, 0.4) is 0 Å². The molecule has 15 heteroatoms. The summed E-state index contributed by atoms with van der Waals surface area (Å²) in [4.78, 5) is 68.3. The van der Waals surface area contributed by atoms with Gasteiger partial charge in [0.2, 0.25) is 0 Å². The highest BCUT2D eigenvalue weighted by Crippen LogP contribution is 2.11. The van der Waals surface area contributed by atoms with E-state index in [0.29, 0.717) is 26.1 Å². The standard InChI is InChI=1S/C18H33NO6.C10H19NO4.C8H15BrO2/c1-7-8-11-23-14(20)10-9-12-24-16(21)15(13(2)3)19-17(22)25-18(4,5)6;1-6(2)7(8(12)13)11-9(14)15-10(3,4)5;1-2-3-7-11-8(10)5-4-6-9/h13,15H,7-12H2,1-6H3,(H,19,22);6-7H,1-5H3,(H,11,14)(H,12,13);2-7H2,1H3/t15-;7-;/m00./s1. The first-order chi connectivity index (χ1) is 23.5. The van der Waals surface area contributed by atoms with Crippen LogP contribution in [0.5, 0.6) is 0 Å². The number of hydrogen-bond donors (Lipinski definition) is 3. The molecule has 0 aliphatic carbocycles. The first-order valence-corrected chi connectivity index (χ1v) is 18.9. The Bertz CT molecular complexity index is 1010. The summed E-state index contributed by atoms with van der Waals surface area (Å²) in [6.07, 6.45) is 4.47. The van der Waals surface area contributed by atoms with Gasteiger partial charge in [-0.2, -0.15) is 0 Å². The number of carboxylic acid groups (broad SMARTS) is 1. The number of rotatable bonds is 19. The number of hydrogen-bond acceptors (Lipinski definition) is 11. The molecule has 0 heterocycles. The summed E-state index contributed by atoms with van der Waals surface area (Å²) in [5.74, 6) is -2.31. The second-order valence-electron chi connectivity index (χ2n) is 14.3. The van der Waals surface area contributed by atoms with Gasteiger partial charge in [-0.1, -0.05) is 70.3 Å². The van der Waals surface area contributed by atoms with Crippen LogP contribution in [0.1, 0.15) is 134 Å². The van der Waals surface area contributed by atoms with Crippen LogP contribution in [-0.2, 0) is 42.9 Å². The number of amides is 2. The number of carbonyl (C=O) groups excluding carboxylic acids is 5. The molecule has 0 aromatic carbocycles. The summed E-state index contributed by atoms with van der Waals surface area (Å²) in [5.41, 5.74) is -1.27. The number of halogens is 1. The normalized spacial score (nSPS) is 12.1. The molecule has 300 valence electrons. The molecule has 2 atom stereocenters. The van der Waals surface area contributed by atoms with Crippen molar-refractivity contribution in [2.45, 2.75) is 158 Å². The Morgan fingerprint density at radius 3 is 1.31 bits per heavy atom. The molecule has 0 aliphatic rings. The number of aliphatic carboxylic acids is 1. The van der Waals surface area contributed by atoms with Gasteiger partial charge in [-0.25, -0.2) is 19.2 Å². The van der Waals surface area contributed by atoms with Crippen LogP contribution in [0.15, 0.2) is 0 Å². The van der Waals surface area contributed by atoms with Gasteiger partial charge in [0.1, 0.15) is 23.3 Å². The molecule has 0 aliphatic heterocycles. The summed E-state index contributed by atoms with van der Waals surface area (Å²) in [6.45, 7) is 22.6. The molecule has 14 nitrogen and oxygen atoms in total. The van der Waals surface area contributed by atoms with Crippen molar-refractivity contribution in [2.24, 2.45) is 11.8 Å². The van der Waals surface area contributed by atoms with Crippen molar-refractivity contribution in [2.75, 3.05) is 25.2 Å². The average molecular weight is 800 g/mol. The molecular weight excluding hydrogens is 732 g/mol. The van der Waals surface area contributed by atoms with Crippen LogP contribution in [0.4, 0.5) is 9.59 Å². The second-order valence-corrected chi connectivity index (χ2v) is 15.1. The fourth-order valence-corrected chi connectivity index (χ4v) is 3.66. The fourth-order valence-electron chi connectivity index (χ4n) is 3.38. The Morgan fingerprint density at radius 2 is 0.980 bits per heavy atom. The Morgan fingerprint density at radius 1 is 0.608 bits per heavy atom. The Labute approximate surface area is 314 Å². The van der Waals surface area contributed by atoms with E-state index < -0.39 is 47.4 Å². The Hall–Kier alpha value is -3.10. The molecule has 2 amide bonds. The molecule has 0 radical (unpaired) electrons. The summed E-state index contributed by atoms with van der Waals surface area (Å²) >= 11 is 3.25. The lowest BCUT2D eigenvalue weighted by molar-refractivity contribution is -0.150. The van der Waals surface area contributed by atoms with Gasteiger partial charge in [0.15, 0.2) is 0 Å². The molecule has 0 fully saturated rings. The molecule has 51 heavy (non-hydrogen) atoms. The van der Waals surface area contributed by atoms with Crippen LogP contribution in [-0.4, -0.2) is 89.6 Å². The number of unbranched alkanes of at least 4 members (excludes halogenated alkanes) is 2. The quantitative estimate of drug-likeness (QED) is 0.0511. The first-order valence-electron chi connectivity index (χ1n) is 17.8. The third kappa shape index (κ3) is 35.1. The number of ether oxygens (including phenoxy) is 5. The predicted molar refractivity (Wildman–Crippen MR) is 199 cm³/mol. The topological polar surface area (TPSA) is 193 Å². The SMILES string of the molecule is CC(C)[C@H](NC(=O)OC(C)(C)C)C(=O)O.CCCCOC(=O)CCCBr.CCCCOC(=O)CCCOC(=O)[C@@H](NC(=O)OC(C)(C)C)C(C)C. The molecule has 0 saturated heterocycles. The lowest BCUT2D eigenvalue weighted by atomic mass is 10.1. The highest BCUT2D eigenvalue weighted by Gasteiger charge is 2.28. The molecular formula is C36H67BrN2O12. The van der Waals surface area contributed by atoms with Crippen LogP contribution in [0, 0.1) is 11.8 Å². The fraction of sp³-hybridized carbons (Fsp3) is 0.833. The van der Waals surface area contributed by atoms with Gasteiger partial charge >= 0.3 is 36.1 Å². The maximum atomic E-state index is 12.1. The molecule has 0 aromatic rings. The van der Waals surface area contributed by atoms with Crippen molar-refractivity contribution in [3.05, 3.63) is 0 Å². The predicted octanol–water partition coefficient (Wildman–Crippen LogP) is 7.33. The summed E-state index contributed by atoms with van der Waals surface area (Å²) in [7, 11) is 0. The molecule has 0 spiro atoms. The van der Waals surface area contributed by atoms with Gasteiger partial charge in [0.25, 0.3) is 0 Å². The Balaban J connectivity index is -0.000000750. The lowest BCUT2D eigenvalue weighted by Gasteiger charge is -2.24. The maximum absolute atomic E-state index is 12.1. The van der Waals surface area contributed by atoms with Crippen LogP contribution >= 0.6 is 15.9 Å². The zero-order chi connectivity index (χ0) is 40.2. The van der Waals surface area contributed by atoms with Crippen molar-refractivity contribution >= 4 is 52.0 Å². The van der Waals surface area contributed by atoms with Crippen molar-refractivity contribution in [3.8, 4) is 0 Å². The molecule has 3 N–H and O–H groups in total. The number of carbonyl (C=O) groups is 6. The largest absolute Gasteiger partial charge is 0.480 e. The highest BCUT2D eigenvalue weighted by atomic mass is 79.9. The van der Waals surface area contributed by atoms with E-state index in [0.717, 1.165) is 37.4 Å². The maximum Gasteiger partial charge on any atom is 0.408 e. The second kappa shape index (κ2) is 29.5. The molecule has 0 saturated carbocycles. The minimum atomic E-state index is -1.06. The summed E-state index contributed by atoms with van der Waals surface area (Å²) in [6, 6.07) is -1.72. The van der Waals surface area contributed by atoms with Crippen molar-refractivity contribution < 1.29 is 57.6 Å². The molecule has 0 aromatic heterocycles. The third-order valence-electron chi connectivity index (χ3n) is 6.00. The average Bonchev–Trinajstić information content (AvgIpc) is 2.98. The van der Waals surface area contributed by atoms with Crippen LogP contribution < -0.4 is 10.6 Å². The summed E-state index contributed by atoms with van der Waals surface area (Å²) in [5, 5.41) is 14.5. The summed E-state index contributed by atoms with van der Waals surface area (Å²) < 4.78 is 25.2. The number of carboxylic acids is 1. The van der Waals surface area contributed by atoms with Gasteiger partial charge < -0.3 is 39.4 Å². The number of alkyl halides is 1. The van der Waals surface area contributed by atoms with E-state index in [9.17, 15) is 28.8 Å². The van der Waals surface area contributed by atoms with Crippen molar-refractivity contribution in [3.63, 3.8) is 0 Å². The first kappa shape index (κ1) is 52.3.